The summed E-state index contributed by atoms with van der Waals surface area (Å²) >= 11 is 0. The fourth-order valence-electron chi connectivity index (χ4n) is 4.94. The highest BCUT2D eigenvalue weighted by atomic mass is 16.6. The number of hydrogen-bond acceptors (Lipinski definition) is 15. The van der Waals surface area contributed by atoms with Crippen LogP contribution in [-0.2, 0) is 15.2 Å². The fourth-order valence-corrected chi connectivity index (χ4v) is 4.94. The van der Waals surface area contributed by atoms with E-state index in [0.717, 1.165) is 12.8 Å². The van der Waals surface area contributed by atoms with Crippen LogP contribution in [0.3, 0.4) is 0 Å². The molecule has 0 amide bonds. The number of ether oxygens (including phenoxy) is 2. The normalized spacial score (nSPS) is 29.5. The van der Waals surface area contributed by atoms with Crippen molar-refractivity contribution in [2.45, 2.75) is 62.2 Å². The summed E-state index contributed by atoms with van der Waals surface area (Å²) in [6.45, 7) is 0.919. The van der Waals surface area contributed by atoms with Crippen molar-refractivity contribution >= 4 is 34.0 Å². The summed E-state index contributed by atoms with van der Waals surface area (Å²) < 4.78 is 14.4. The van der Waals surface area contributed by atoms with Crippen LogP contribution in [0.25, 0.3) is 22.3 Å². The quantitative estimate of drug-likeness (QED) is 0.138. The highest BCUT2D eigenvalue weighted by molar-refractivity contribution is 5.82. The van der Waals surface area contributed by atoms with E-state index < -0.39 is 36.7 Å². The smallest absolute Gasteiger partial charge is 0.202 e. The molecule has 0 aromatic carbocycles. The second kappa shape index (κ2) is 10.5. The van der Waals surface area contributed by atoms with E-state index in [0.29, 0.717) is 17.0 Å². The zero-order valence-corrected chi connectivity index (χ0v) is 20.9. The number of nitrogens with two attached hydrogens (primary N) is 2. The molecule has 6 rings (SSSR count). The van der Waals surface area contributed by atoms with Crippen LogP contribution in [0, 0.1) is 0 Å². The average Bonchev–Trinajstić information content (AvgIpc) is 3.71. The van der Waals surface area contributed by atoms with E-state index in [-0.39, 0.29) is 35.9 Å². The highest BCUT2D eigenvalue weighted by Gasteiger charge is 2.58. The molecule has 0 saturated carbocycles. The predicted molar refractivity (Wildman–Crippen MR) is 133 cm³/mol. The Kier molecular flexibility index (Phi) is 7.29. The second-order valence-corrected chi connectivity index (χ2v) is 9.30. The standard InChI is InChI=1S/C12H17N5O5.C10H13N5O2/c1-5(19)12(9(21)8(20)6(2-18)22-12)17-4-16-7-10(13)14-3-15-11(7)17;11-9-8-10(13-4-12-9)15(5-14-8)7-2-1-6(3-16)17-7/h3-6,8-9,18-21H,2H2,1H3,(H2,13,14,15);4-7,16H,1-3H2,(H2,11,12,13)/t5?,6-,8-,9-,12-;6-,7+/m10/s1. The summed E-state index contributed by atoms with van der Waals surface area (Å²) in [7, 11) is 0. The van der Waals surface area contributed by atoms with Crippen LogP contribution in [0.2, 0.25) is 0 Å². The first-order valence-electron chi connectivity index (χ1n) is 12.2. The van der Waals surface area contributed by atoms with Crippen LogP contribution in [-0.4, -0.2) is 108 Å². The molecule has 2 aliphatic rings. The van der Waals surface area contributed by atoms with Crippen molar-refractivity contribution in [3.8, 4) is 0 Å². The largest absolute Gasteiger partial charge is 0.394 e. The molecule has 4 aromatic heterocycles. The number of imidazole rings is 2. The van der Waals surface area contributed by atoms with Gasteiger partial charge in [0.05, 0.1) is 32.0 Å². The van der Waals surface area contributed by atoms with Gasteiger partial charge in [0.2, 0.25) is 5.72 Å². The van der Waals surface area contributed by atoms with Gasteiger partial charge in [-0.25, -0.2) is 29.9 Å². The third-order valence-electron chi connectivity index (χ3n) is 6.97. The molecule has 7 atom stereocenters. The van der Waals surface area contributed by atoms with E-state index in [9.17, 15) is 20.4 Å². The number of nitrogen functional groups attached to an aromatic ring is 2. The summed E-state index contributed by atoms with van der Waals surface area (Å²) in [5.74, 6) is 0.502. The molecular weight excluding hydrogens is 516 g/mol. The second-order valence-electron chi connectivity index (χ2n) is 9.30. The van der Waals surface area contributed by atoms with Gasteiger partial charge in [0.15, 0.2) is 22.9 Å². The zero-order valence-electron chi connectivity index (χ0n) is 20.9. The summed E-state index contributed by atoms with van der Waals surface area (Å²) in [6.07, 6.45) is 1.84. The summed E-state index contributed by atoms with van der Waals surface area (Å²) in [5.41, 5.74) is 11.5. The lowest BCUT2D eigenvalue weighted by Gasteiger charge is -2.36. The minimum atomic E-state index is -1.75. The molecule has 210 valence electrons. The first-order valence-corrected chi connectivity index (χ1v) is 12.2. The molecule has 2 aliphatic heterocycles. The van der Waals surface area contributed by atoms with E-state index in [1.165, 1.54) is 30.5 Å². The van der Waals surface area contributed by atoms with Crippen molar-refractivity contribution < 1.29 is 35.0 Å². The minimum Gasteiger partial charge on any atom is -0.394 e. The lowest BCUT2D eigenvalue weighted by molar-refractivity contribution is -0.200. The number of aliphatic hydroxyl groups is 5. The third kappa shape index (κ3) is 4.42. The molecule has 0 aliphatic carbocycles. The maximum absolute atomic E-state index is 10.4. The van der Waals surface area contributed by atoms with E-state index >= 15 is 0 Å². The molecule has 17 heteroatoms. The van der Waals surface area contributed by atoms with Crippen molar-refractivity contribution in [1.29, 1.82) is 0 Å². The maximum atomic E-state index is 10.4. The van der Waals surface area contributed by atoms with Crippen LogP contribution in [0.5, 0.6) is 0 Å². The van der Waals surface area contributed by atoms with Gasteiger partial charge in [-0.2, -0.15) is 0 Å². The average molecular weight is 547 g/mol. The molecule has 39 heavy (non-hydrogen) atoms. The van der Waals surface area contributed by atoms with Gasteiger partial charge in [0.1, 0.15) is 54.3 Å². The number of fused-ring (bicyclic) bond motifs is 2. The van der Waals surface area contributed by atoms with Crippen LogP contribution < -0.4 is 11.5 Å². The number of nitrogens with zero attached hydrogens (tertiary/aromatic N) is 8. The van der Waals surface area contributed by atoms with Gasteiger partial charge in [0.25, 0.3) is 0 Å². The highest BCUT2D eigenvalue weighted by Crippen LogP contribution is 2.40. The molecular formula is C22H30N10O7. The predicted octanol–water partition coefficient (Wildman–Crippen LogP) is -2.37. The van der Waals surface area contributed by atoms with Crippen molar-refractivity contribution in [1.82, 2.24) is 39.0 Å². The number of aliphatic hydroxyl groups excluding tert-OH is 5. The molecule has 17 nitrogen and oxygen atoms in total. The van der Waals surface area contributed by atoms with Gasteiger partial charge in [-0.1, -0.05) is 0 Å². The molecule has 4 aromatic rings. The van der Waals surface area contributed by atoms with E-state index in [4.69, 9.17) is 26.0 Å². The van der Waals surface area contributed by atoms with Gasteiger partial charge >= 0.3 is 0 Å². The van der Waals surface area contributed by atoms with Gasteiger partial charge < -0.3 is 46.5 Å². The molecule has 2 saturated heterocycles. The molecule has 2 fully saturated rings. The van der Waals surface area contributed by atoms with E-state index in [1.54, 1.807) is 6.33 Å². The van der Waals surface area contributed by atoms with Crippen molar-refractivity contribution in [2.24, 2.45) is 0 Å². The fraction of sp³-hybridized carbons (Fsp3) is 0.545. The van der Waals surface area contributed by atoms with Crippen LogP contribution in [0.1, 0.15) is 26.0 Å². The Hall–Kier alpha value is -3.58. The van der Waals surface area contributed by atoms with Gasteiger partial charge in [-0.15, -0.1) is 0 Å². The van der Waals surface area contributed by atoms with Gasteiger partial charge in [-0.3, -0.25) is 9.13 Å². The Labute approximate surface area is 220 Å². The molecule has 0 spiro atoms. The zero-order chi connectivity index (χ0) is 27.9. The first kappa shape index (κ1) is 27.0. The number of hydrogen-bond donors (Lipinski definition) is 7. The number of rotatable bonds is 5. The van der Waals surface area contributed by atoms with Crippen LogP contribution in [0.15, 0.2) is 25.3 Å². The lowest BCUT2D eigenvalue weighted by Crippen LogP contribution is -2.53. The Morgan fingerprint density at radius 2 is 1.59 bits per heavy atom. The molecule has 0 bridgehead atoms. The monoisotopic (exact) mass is 546 g/mol. The maximum Gasteiger partial charge on any atom is 0.202 e. The number of anilines is 2. The SMILES string of the molecule is CC(O)[C@@]1(n2cnc3c(N)ncnc32)O[C@H](CO)[C@@H](O)[C@H]1O.Nc1ncnc2c1ncn2[C@H]1CC[C@@H](CO)O1. The molecule has 0 radical (unpaired) electrons. The molecule has 1 unspecified atom stereocenters. The van der Waals surface area contributed by atoms with Crippen LogP contribution >= 0.6 is 0 Å². The molecule has 9 N–H and O–H groups in total. The van der Waals surface area contributed by atoms with Crippen molar-refractivity contribution in [2.75, 3.05) is 24.7 Å². The Balaban J connectivity index is 0.000000163. The Bertz CT molecular complexity index is 1450. The summed E-state index contributed by atoms with van der Waals surface area (Å²) in [6, 6.07) is 0. The van der Waals surface area contributed by atoms with E-state index in [1.807, 2.05) is 4.57 Å². The Morgan fingerprint density at radius 1 is 0.949 bits per heavy atom. The topological polar surface area (TPSA) is 259 Å². The van der Waals surface area contributed by atoms with Gasteiger partial charge in [-0.05, 0) is 19.8 Å². The van der Waals surface area contributed by atoms with Crippen molar-refractivity contribution in [3.05, 3.63) is 25.3 Å². The molecule has 6 heterocycles. The van der Waals surface area contributed by atoms with Crippen molar-refractivity contribution in [3.63, 3.8) is 0 Å². The van der Waals surface area contributed by atoms with Crippen LogP contribution in [0.4, 0.5) is 11.6 Å². The van der Waals surface area contributed by atoms with Gasteiger partial charge in [0, 0.05) is 0 Å². The lowest BCUT2D eigenvalue weighted by atomic mass is 9.97. The third-order valence-corrected chi connectivity index (χ3v) is 6.97. The first-order chi connectivity index (χ1) is 18.7. The Morgan fingerprint density at radius 3 is 2.18 bits per heavy atom. The van der Waals surface area contributed by atoms with E-state index in [2.05, 4.69) is 29.9 Å². The minimum absolute atomic E-state index is 0.0419. The summed E-state index contributed by atoms with van der Waals surface area (Å²) in [5, 5.41) is 49.0. The number of aromatic nitrogens is 8. The summed E-state index contributed by atoms with van der Waals surface area (Å²) in [4.78, 5) is 24.2.